The van der Waals surface area contributed by atoms with Gasteiger partial charge in [-0.05, 0) is 35.4 Å². The third kappa shape index (κ3) is 3.99. The summed E-state index contributed by atoms with van der Waals surface area (Å²) in [4.78, 5) is 16.2. The summed E-state index contributed by atoms with van der Waals surface area (Å²) >= 11 is 3.44. The largest absolute Gasteiger partial charge is 0.236 e. The van der Waals surface area contributed by atoms with E-state index in [1.807, 2.05) is 12.1 Å². The number of aromatic nitrogens is 3. The van der Waals surface area contributed by atoms with Crippen LogP contribution in [0.15, 0.2) is 127 Å². The fraction of sp³-hybridized carbons (Fsp3) is 0. The standard InChI is InChI=1S/C35H21N3S2/c1-2-9-22(10-3-1)25-11-8-12-26(21-25)33-37-32(31-27-13-4-6-15-29(27)39-35(31)38-33)23-17-19-24(20-18-23)34-36-28-14-5-7-16-30(28)40-34/h1-21H. The summed E-state index contributed by atoms with van der Waals surface area (Å²) in [6, 6.07) is 44.4. The van der Waals surface area contributed by atoms with Crippen molar-refractivity contribution in [3.05, 3.63) is 127 Å². The van der Waals surface area contributed by atoms with Gasteiger partial charge in [-0.3, -0.25) is 0 Å². The lowest BCUT2D eigenvalue weighted by Gasteiger charge is -2.09. The van der Waals surface area contributed by atoms with Crippen LogP contribution in [0, 0.1) is 0 Å². The van der Waals surface area contributed by atoms with Crippen LogP contribution in [0.5, 0.6) is 0 Å². The van der Waals surface area contributed by atoms with Crippen LogP contribution < -0.4 is 0 Å². The molecule has 3 aromatic heterocycles. The number of thiazole rings is 1. The summed E-state index contributed by atoms with van der Waals surface area (Å²) in [6.45, 7) is 0. The van der Waals surface area contributed by atoms with Crippen LogP contribution in [-0.4, -0.2) is 15.0 Å². The lowest BCUT2D eigenvalue weighted by molar-refractivity contribution is 1.24. The van der Waals surface area contributed by atoms with Crippen LogP contribution in [0.4, 0.5) is 0 Å². The summed E-state index contributed by atoms with van der Waals surface area (Å²) in [7, 11) is 0. The molecule has 5 heteroatoms. The highest BCUT2D eigenvalue weighted by Gasteiger charge is 2.17. The van der Waals surface area contributed by atoms with E-state index >= 15 is 0 Å². The predicted octanol–water partition coefficient (Wildman–Crippen LogP) is 10.1. The quantitative estimate of drug-likeness (QED) is 0.220. The Hall–Kier alpha value is -4.71. The molecule has 0 N–H and O–H groups in total. The van der Waals surface area contributed by atoms with Crippen molar-refractivity contribution in [2.45, 2.75) is 0 Å². The average molecular weight is 548 g/mol. The van der Waals surface area contributed by atoms with Gasteiger partial charge in [-0.1, -0.05) is 103 Å². The zero-order valence-corrected chi connectivity index (χ0v) is 22.9. The number of hydrogen-bond acceptors (Lipinski definition) is 5. The zero-order chi connectivity index (χ0) is 26.5. The molecule has 3 nitrogen and oxygen atoms in total. The number of benzene rings is 5. The molecule has 0 aliphatic rings. The van der Waals surface area contributed by atoms with Crippen molar-refractivity contribution in [1.82, 2.24) is 15.0 Å². The van der Waals surface area contributed by atoms with E-state index in [2.05, 4.69) is 115 Å². The van der Waals surface area contributed by atoms with Gasteiger partial charge in [-0.2, -0.15) is 0 Å². The van der Waals surface area contributed by atoms with Crippen molar-refractivity contribution < 1.29 is 0 Å². The summed E-state index contributed by atoms with van der Waals surface area (Å²) in [5.74, 6) is 0.738. The highest BCUT2D eigenvalue weighted by molar-refractivity contribution is 7.25. The molecule has 0 fully saturated rings. The van der Waals surface area contributed by atoms with Crippen LogP contribution >= 0.6 is 22.7 Å². The topological polar surface area (TPSA) is 38.7 Å². The second-order valence-corrected chi connectivity index (χ2v) is 11.7. The molecule has 0 saturated heterocycles. The molecular formula is C35H21N3S2. The minimum atomic E-state index is 0.738. The summed E-state index contributed by atoms with van der Waals surface area (Å²) in [5.41, 5.74) is 7.52. The van der Waals surface area contributed by atoms with E-state index in [-0.39, 0.29) is 0 Å². The first-order valence-corrected chi connectivity index (χ1v) is 14.7. The Balaban J connectivity index is 1.29. The molecule has 5 aromatic carbocycles. The summed E-state index contributed by atoms with van der Waals surface area (Å²) in [5, 5.41) is 3.33. The van der Waals surface area contributed by atoms with Gasteiger partial charge in [0.05, 0.1) is 15.9 Å². The number of para-hydroxylation sites is 1. The van der Waals surface area contributed by atoms with Gasteiger partial charge in [0, 0.05) is 32.2 Å². The molecule has 0 saturated carbocycles. The second-order valence-electron chi connectivity index (χ2n) is 9.69. The van der Waals surface area contributed by atoms with Gasteiger partial charge < -0.3 is 0 Å². The Bertz CT molecular complexity index is 2130. The molecule has 0 spiro atoms. The highest BCUT2D eigenvalue weighted by atomic mass is 32.1. The molecule has 8 aromatic rings. The smallest absolute Gasteiger partial charge is 0.161 e. The minimum Gasteiger partial charge on any atom is -0.236 e. The molecule has 0 aliphatic carbocycles. The molecule has 188 valence electrons. The first-order valence-electron chi connectivity index (χ1n) is 13.1. The molecular weight excluding hydrogens is 527 g/mol. The van der Waals surface area contributed by atoms with E-state index in [1.165, 1.54) is 20.3 Å². The highest BCUT2D eigenvalue weighted by Crippen LogP contribution is 2.40. The van der Waals surface area contributed by atoms with Crippen molar-refractivity contribution in [3.63, 3.8) is 0 Å². The maximum Gasteiger partial charge on any atom is 0.161 e. The summed E-state index contributed by atoms with van der Waals surface area (Å²) < 4.78 is 2.42. The second kappa shape index (κ2) is 9.49. The molecule has 0 radical (unpaired) electrons. The van der Waals surface area contributed by atoms with Gasteiger partial charge in [-0.15, -0.1) is 22.7 Å². The maximum atomic E-state index is 5.22. The third-order valence-electron chi connectivity index (χ3n) is 7.17. The van der Waals surface area contributed by atoms with Gasteiger partial charge >= 0.3 is 0 Å². The van der Waals surface area contributed by atoms with E-state index in [4.69, 9.17) is 15.0 Å². The molecule has 0 unspecified atom stereocenters. The van der Waals surface area contributed by atoms with E-state index in [0.29, 0.717) is 0 Å². The predicted molar refractivity (Wildman–Crippen MR) is 170 cm³/mol. The van der Waals surface area contributed by atoms with E-state index in [1.54, 1.807) is 22.7 Å². The SMILES string of the molecule is c1ccc(-c2cccc(-c3nc(-c4ccc(-c5nc6ccccc6s5)cc4)c4c(n3)sc3ccccc34)c2)cc1. The molecule has 3 heterocycles. The van der Waals surface area contributed by atoms with Crippen LogP contribution in [0.1, 0.15) is 0 Å². The minimum absolute atomic E-state index is 0.738. The van der Waals surface area contributed by atoms with Gasteiger partial charge in [0.15, 0.2) is 5.82 Å². The molecule has 40 heavy (non-hydrogen) atoms. The normalized spacial score (nSPS) is 11.5. The number of thiophene rings is 1. The number of rotatable bonds is 4. The third-order valence-corrected chi connectivity index (χ3v) is 9.32. The van der Waals surface area contributed by atoms with Crippen molar-refractivity contribution in [1.29, 1.82) is 0 Å². The maximum absolute atomic E-state index is 5.22. The molecule has 0 bridgehead atoms. The van der Waals surface area contributed by atoms with Crippen LogP contribution in [0.25, 0.3) is 74.9 Å². The van der Waals surface area contributed by atoms with Gasteiger partial charge in [-0.25, -0.2) is 15.0 Å². The van der Waals surface area contributed by atoms with Gasteiger partial charge in [0.1, 0.15) is 9.84 Å². The fourth-order valence-corrected chi connectivity index (χ4v) is 7.24. The molecule has 0 aliphatic heterocycles. The Kier molecular flexibility index (Phi) is 5.50. The zero-order valence-electron chi connectivity index (χ0n) is 21.3. The van der Waals surface area contributed by atoms with Crippen molar-refractivity contribution >= 4 is 53.2 Å². The molecule has 8 rings (SSSR count). The van der Waals surface area contributed by atoms with Gasteiger partial charge in [0.25, 0.3) is 0 Å². The van der Waals surface area contributed by atoms with E-state index in [0.717, 1.165) is 54.5 Å². The summed E-state index contributed by atoms with van der Waals surface area (Å²) in [6.07, 6.45) is 0. The monoisotopic (exact) mass is 547 g/mol. The first-order chi connectivity index (χ1) is 19.8. The first kappa shape index (κ1) is 23.2. The Labute approximate surface area is 239 Å². The molecule has 0 atom stereocenters. The van der Waals surface area contributed by atoms with Gasteiger partial charge in [0.2, 0.25) is 0 Å². The van der Waals surface area contributed by atoms with Crippen LogP contribution in [-0.2, 0) is 0 Å². The number of nitrogens with zero attached hydrogens (tertiary/aromatic N) is 3. The average Bonchev–Trinajstić information content (AvgIpc) is 3.63. The fourth-order valence-electron chi connectivity index (χ4n) is 5.20. The number of hydrogen-bond donors (Lipinski definition) is 0. The van der Waals surface area contributed by atoms with Crippen molar-refractivity contribution in [2.75, 3.05) is 0 Å². The van der Waals surface area contributed by atoms with Crippen molar-refractivity contribution in [3.8, 4) is 44.3 Å². The Morgan fingerprint density at radius 2 is 1.15 bits per heavy atom. The Morgan fingerprint density at radius 3 is 2.00 bits per heavy atom. The van der Waals surface area contributed by atoms with Crippen LogP contribution in [0.2, 0.25) is 0 Å². The lowest BCUT2D eigenvalue weighted by atomic mass is 10.0. The lowest BCUT2D eigenvalue weighted by Crippen LogP contribution is -1.94. The van der Waals surface area contributed by atoms with E-state index < -0.39 is 0 Å². The van der Waals surface area contributed by atoms with E-state index in [9.17, 15) is 0 Å². The van der Waals surface area contributed by atoms with Crippen molar-refractivity contribution in [2.24, 2.45) is 0 Å². The van der Waals surface area contributed by atoms with Crippen LogP contribution in [0.3, 0.4) is 0 Å². The number of fused-ring (bicyclic) bond motifs is 4. The molecule has 0 amide bonds. The Morgan fingerprint density at radius 1 is 0.450 bits per heavy atom.